The third-order valence-electron chi connectivity index (χ3n) is 5.49. The third kappa shape index (κ3) is 5.29. The SMILES string of the molecule is Cc1ccc(C(=O)N[C@H](C(=O)Nc2ccc(-c3nc4ccc(C)cc4s3)cc2)C(C)C)cc1. The summed E-state index contributed by atoms with van der Waals surface area (Å²) in [4.78, 5) is 30.3. The number of carbonyl (C=O) groups excluding carboxylic acids is 2. The lowest BCUT2D eigenvalue weighted by molar-refractivity contribution is -0.118. The lowest BCUT2D eigenvalue weighted by atomic mass is 10.0. The van der Waals surface area contributed by atoms with Crippen molar-refractivity contribution in [1.29, 1.82) is 0 Å². The number of nitrogens with zero attached hydrogens (tertiary/aromatic N) is 1. The van der Waals surface area contributed by atoms with Crippen molar-refractivity contribution >= 4 is 39.1 Å². The lowest BCUT2D eigenvalue weighted by Crippen LogP contribution is -2.47. The molecule has 2 N–H and O–H groups in total. The molecule has 2 amide bonds. The Hall–Kier alpha value is -3.51. The first-order chi connectivity index (χ1) is 15.8. The van der Waals surface area contributed by atoms with E-state index >= 15 is 0 Å². The highest BCUT2D eigenvalue weighted by molar-refractivity contribution is 7.21. The topological polar surface area (TPSA) is 71.1 Å². The van der Waals surface area contributed by atoms with Gasteiger partial charge in [-0.05, 0) is 73.9 Å². The molecule has 4 rings (SSSR count). The number of anilines is 1. The summed E-state index contributed by atoms with van der Waals surface area (Å²) >= 11 is 1.65. The summed E-state index contributed by atoms with van der Waals surface area (Å²) in [6.45, 7) is 7.87. The first-order valence-corrected chi connectivity index (χ1v) is 11.8. The zero-order chi connectivity index (χ0) is 23.5. The highest BCUT2D eigenvalue weighted by atomic mass is 32.1. The summed E-state index contributed by atoms with van der Waals surface area (Å²) < 4.78 is 1.16. The van der Waals surface area contributed by atoms with Crippen LogP contribution in [0, 0.1) is 19.8 Å². The van der Waals surface area contributed by atoms with Crippen molar-refractivity contribution in [2.75, 3.05) is 5.32 Å². The average Bonchev–Trinajstić information content (AvgIpc) is 3.21. The average molecular weight is 458 g/mol. The van der Waals surface area contributed by atoms with Crippen molar-refractivity contribution in [3.8, 4) is 10.6 Å². The fraction of sp³-hybridized carbons (Fsp3) is 0.222. The summed E-state index contributed by atoms with van der Waals surface area (Å²) in [5.74, 6) is -0.566. The molecule has 5 nitrogen and oxygen atoms in total. The van der Waals surface area contributed by atoms with E-state index in [9.17, 15) is 9.59 Å². The summed E-state index contributed by atoms with van der Waals surface area (Å²) in [6.07, 6.45) is 0. The maximum atomic E-state index is 12.9. The maximum Gasteiger partial charge on any atom is 0.251 e. The van der Waals surface area contributed by atoms with Gasteiger partial charge in [0.05, 0.1) is 10.2 Å². The van der Waals surface area contributed by atoms with E-state index in [1.807, 2.05) is 63.2 Å². The Morgan fingerprint density at radius 3 is 2.21 bits per heavy atom. The summed E-state index contributed by atoms with van der Waals surface area (Å²) in [7, 11) is 0. The molecule has 0 saturated heterocycles. The van der Waals surface area contributed by atoms with Crippen LogP contribution in [-0.2, 0) is 4.79 Å². The quantitative estimate of drug-likeness (QED) is 0.374. The van der Waals surface area contributed by atoms with E-state index < -0.39 is 6.04 Å². The van der Waals surface area contributed by atoms with Crippen LogP contribution in [0.4, 0.5) is 5.69 Å². The second-order valence-electron chi connectivity index (χ2n) is 8.62. The second kappa shape index (κ2) is 9.55. The molecule has 0 aliphatic carbocycles. The fourth-order valence-corrected chi connectivity index (χ4v) is 4.61. The summed E-state index contributed by atoms with van der Waals surface area (Å²) in [5, 5.41) is 6.74. The number of rotatable bonds is 6. The molecule has 3 aromatic carbocycles. The van der Waals surface area contributed by atoms with Crippen LogP contribution < -0.4 is 10.6 Å². The predicted molar refractivity (Wildman–Crippen MR) is 136 cm³/mol. The van der Waals surface area contributed by atoms with Crippen LogP contribution in [0.15, 0.2) is 66.7 Å². The van der Waals surface area contributed by atoms with Crippen LogP contribution in [0.1, 0.15) is 35.3 Å². The minimum atomic E-state index is -0.647. The molecular weight excluding hydrogens is 430 g/mol. The van der Waals surface area contributed by atoms with E-state index in [0.29, 0.717) is 11.3 Å². The van der Waals surface area contributed by atoms with Gasteiger partial charge in [-0.3, -0.25) is 9.59 Å². The summed E-state index contributed by atoms with van der Waals surface area (Å²) in [6, 6.07) is 20.5. The van der Waals surface area contributed by atoms with Crippen LogP contribution in [0.5, 0.6) is 0 Å². The number of thiazole rings is 1. The zero-order valence-corrected chi connectivity index (χ0v) is 20.0. The molecule has 0 unspecified atom stereocenters. The number of carbonyl (C=O) groups is 2. The molecule has 1 heterocycles. The van der Waals surface area contributed by atoms with Crippen molar-refractivity contribution in [2.45, 2.75) is 33.7 Å². The Morgan fingerprint density at radius 2 is 1.55 bits per heavy atom. The van der Waals surface area contributed by atoms with E-state index in [0.717, 1.165) is 26.4 Å². The van der Waals surface area contributed by atoms with Gasteiger partial charge in [0, 0.05) is 16.8 Å². The van der Waals surface area contributed by atoms with Gasteiger partial charge in [-0.1, -0.05) is 37.6 Å². The molecule has 0 bridgehead atoms. The molecule has 4 aromatic rings. The van der Waals surface area contributed by atoms with Crippen LogP contribution in [0.2, 0.25) is 0 Å². The molecule has 168 valence electrons. The Kier molecular flexibility index (Phi) is 6.56. The van der Waals surface area contributed by atoms with Gasteiger partial charge in [0.15, 0.2) is 0 Å². The van der Waals surface area contributed by atoms with E-state index in [1.165, 1.54) is 5.56 Å². The molecule has 33 heavy (non-hydrogen) atoms. The van der Waals surface area contributed by atoms with Gasteiger partial charge in [-0.15, -0.1) is 11.3 Å². The van der Waals surface area contributed by atoms with Crippen molar-refractivity contribution in [3.63, 3.8) is 0 Å². The van der Waals surface area contributed by atoms with Crippen molar-refractivity contribution in [3.05, 3.63) is 83.4 Å². The highest BCUT2D eigenvalue weighted by Gasteiger charge is 2.25. The first-order valence-electron chi connectivity index (χ1n) is 11.0. The van der Waals surface area contributed by atoms with Gasteiger partial charge in [0.25, 0.3) is 5.91 Å². The van der Waals surface area contributed by atoms with Gasteiger partial charge in [-0.2, -0.15) is 0 Å². The van der Waals surface area contributed by atoms with Crippen molar-refractivity contribution in [2.24, 2.45) is 5.92 Å². The van der Waals surface area contributed by atoms with E-state index in [2.05, 4.69) is 29.7 Å². The Balaban J connectivity index is 1.45. The van der Waals surface area contributed by atoms with Gasteiger partial charge < -0.3 is 10.6 Å². The van der Waals surface area contributed by atoms with E-state index in [-0.39, 0.29) is 17.7 Å². The standard InChI is InChI=1S/C27H27N3O2S/c1-16(2)24(30-25(31)19-8-5-17(3)6-9-19)26(32)28-21-12-10-20(11-13-21)27-29-22-14-7-18(4)15-23(22)33-27/h5-16,24H,1-4H3,(H,28,32)(H,30,31)/t24-/m0/s1. The minimum absolute atomic E-state index is 0.0649. The Bertz CT molecular complexity index is 1290. The molecule has 0 aliphatic heterocycles. The van der Waals surface area contributed by atoms with Crippen LogP contribution in [-0.4, -0.2) is 22.8 Å². The normalized spacial score (nSPS) is 12.0. The lowest BCUT2D eigenvalue weighted by Gasteiger charge is -2.22. The smallest absolute Gasteiger partial charge is 0.251 e. The van der Waals surface area contributed by atoms with E-state index in [4.69, 9.17) is 4.98 Å². The molecule has 0 fully saturated rings. The van der Waals surface area contributed by atoms with Gasteiger partial charge in [-0.25, -0.2) is 4.98 Å². The molecule has 1 atom stereocenters. The van der Waals surface area contributed by atoms with Crippen molar-refractivity contribution < 1.29 is 9.59 Å². The monoisotopic (exact) mass is 457 g/mol. The third-order valence-corrected chi connectivity index (χ3v) is 6.56. The van der Waals surface area contributed by atoms with Gasteiger partial charge in [0.1, 0.15) is 11.0 Å². The number of aromatic nitrogens is 1. The predicted octanol–water partition coefficient (Wildman–Crippen LogP) is 5.97. The Labute approximate surface area is 197 Å². The van der Waals surface area contributed by atoms with Gasteiger partial charge >= 0.3 is 0 Å². The van der Waals surface area contributed by atoms with Crippen LogP contribution in [0.25, 0.3) is 20.8 Å². The minimum Gasteiger partial charge on any atom is -0.340 e. The largest absolute Gasteiger partial charge is 0.340 e. The molecule has 6 heteroatoms. The number of nitrogens with one attached hydrogen (secondary N) is 2. The van der Waals surface area contributed by atoms with Crippen LogP contribution >= 0.6 is 11.3 Å². The number of fused-ring (bicyclic) bond motifs is 1. The van der Waals surface area contributed by atoms with Crippen LogP contribution in [0.3, 0.4) is 0 Å². The second-order valence-corrected chi connectivity index (χ2v) is 9.65. The number of benzene rings is 3. The highest BCUT2D eigenvalue weighted by Crippen LogP contribution is 2.31. The fourth-order valence-electron chi connectivity index (χ4n) is 3.54. The number of hydrogen-bond acceptors (Lipinski definition) is 4. The molecule has 0 radical (unpaired) electrons. The molecule has 0 spiro atoms. The molecular formula is C27H27N3O2S. The zero-order valence-electron chi connectivity index (χ0n) is 19.2. The molecule has 0 saturated carbocycles. The van der Waals surface area contributed by atoms with Crippen molar-refractivity contribution in [1.82, 2.24) is 10.3 Å². The van der Waals surface area contributed by atoms with E-state index in [1.54, 1.807) is 23.5 Å². The number of hydrogen-bond donors (Lipinski definition) is 2. The van der Waals surface area contributed by atoms with Gasteiger partial charge in [0.2, 0.25) is 5.91 Å². The maximum absolute atomic E-state index is 12.9. The summed E-state index contributed by atoms with van der Waals surface area (Å²) in [5.41, 5.74) is 5.49. The first kappa shape index (κ1) is 22.7. The Morgan fingerprint density at radius 1 is 0.879 bits per heavy atom. The molecule has 0 aliphatic rings. The molecule has 1 aromatic heterocycles. The number of amides is 2. The number of aryl methyl sites for hydroxylation is 2.